The van der Waals surface area contributed by atoms with E-state index in [9.17, 15) is 18.0 Å². The van der Waals surface area contributed by atoms with Gasteiger partial charge in [-0.15, -0.1) is 11.6 Å². The van der Waals surface area contributed by atoms with Crippen molar-refractivity contribution in [2.75, 3.05) is 20.3 Å². The van der Waals surface area contributed by atoms with E-state index in [1.54, 1.807) is 0 Å². The smallest absolute Gasteiger partial charge is 0.254 e. The van der Waals surface area contributed by atoms with Crippen molar-refractivity contribution >= 4 is 17.5 Å². The van der Waals surface area contributed by atoms with Crippen molar-refractivity contribution in [2.45, 2.75) is 11.8 Å². The second-order valence-corrected chi connectivity index (χ2v) is 4.60. The Morgan fingerprint density at radius 2 is 2.10 bits per heavy atom. The van der Waals surface area contributed by atoms with Crippen LogP contribution in [0.5, 0.6) is 5.75 Å². The molecular weight excluding hydrogens is 299 g/mol. The number of amides is 1. The normalized spacial score (nSPS) is 12.2. The van der Waals surface area contributed by atoms with Crippen molar-refractivity contribution in [2.24, 2.45) is 0 Å². The molecule has 0 saturated carbocycles. The van der Waals surface area contributed by atoms with Gasteiger partial charge in [0.25, 0.3) is 5.91 Å². The number of nitrogens with one attached hydrogen (secondary N) is 1. The quantitative estimate of drug-likeness (QED) is 0.625. The van der Waals surface area contributed by atoms with Crippen molar-refractivity contribution < 1.29 is 27.8 Å². The van der Waals surface area contributed by atoms with E-state index in [2.05, 4.69) is 5.32 Å². The van der Waals surface area contributed by atoms with Gasteiger partial charge in [-0.1, -0.05) is 0 Å². The minimum atomic E-state index is -1.74. The van der Waals surface area contributed by atoms with Crippen LogP contribution in [0.4, 0.5) is 13.2 Å². The molecule has 0 spiro atoms. The zero-order valence-electron chi connectivity index (χ0n) is 10.6. The Bertz CT molecular complexity index is 499. The van der Waals surface area contributed by atoms with Crippen molar-refractivity contribution in [1.82, 2.24) is 5.32 Å². The molecule has 8 heteroatoms. The zero-order valence-corrected chi connectivity index (χ0v) is 11.3. The predicted octanol–water partition coefficient (Wildman–Crippen LogP) is 2.18. The van der Waals surface area contributed by atoms with Gasteiger partial charge in [-0.2, -0.15) is 4.39 Å². The van der Waals surface area contributed by atoms with Crippen LogP contribution >= 0.6 is 11.6 Å². The average Bonchev–Trinajstić information content (AvgIpc) is 2.40. The molecule has 2 N–H and O–H groups in total. The van der Waals surface area contributed by atoms with Gasteiger partial charge in [0, 0.05) is 13.7 Å². The number of rotatable bonds is 6. The maximum Gasteiger partial charge on any atom is 0.254 e. The van der Waals surface area contributed by atoms with Gasteiger partial charge < -0.3 is 15.2 Å². The summed E-state index contributed by atoms with van der Waals surface area (Å²) in [7, 11) is 1.47. The van der Waals surface area contributed by atoms with Crippen LogP contribution in [-0.4, -0.2) is 36.7 Å². The summed E-state index contributed by atoms with van der Waals surface area (Å²) in [4.78, 5) is 11.6. The van der Waals surface area contributed by atoms with E-state index < -0.39 is 34.7 Å². The topological polar surface area (TPSA) is 58.6 Å². The second kappa shape index (κ2) is 7.35. The Labute approximate surface area is 118 Å². The van der Waals surface area contributed by atoms with Gasteiger partial charge in [0.1, 0.15) is 0 Å². The second-order valence-electron chi connectivity index (χ2n) is 3.98. The molecule has 0 radical (unpaired) electrons. The Morgan fingerprint density at radius 1 is 1.45 bits per heavy atom. The molecule has 1 aromatic rings. The number of alkyl halides is 1. The van der Waals surface area contributed by atoms with Gasteiger partial charge >= 0.3 is 0 Å². The van der Waals surface area contributed by atoms with E-state index in [0.717, 1.165) is 0 Å². The minimum absolute atomic E-state index is 0.0928. The Balaban J connectivity index is 2.69. The lowest BCUT2D eigenvalue weighted by Gasteiger charge is -2.10. The molecule has 0 aliphatic heterocycles. The fourth-order valence-electron chi connectivity index (χ4n) is 1.46. The third-order valence-electron chi connectivity index (χ3n) is 2.47. The van der Waals surface area contributed by atoms with Crippen molar-refractivity contribution in [1.29, 1.82) is 0 Å². The first-order chi connectivity index (χ1) is 9.38. The first-order valence-electron chi connectivity index (χ1n) is 5.66. The number of ether oxygens (including phenoxy) is 1. The summed E-state index contributed by atoms with van der Waals surface area (Å²) >= 11 is 5.81. The molecule has 20 heavy (non-hydrogen) atoms. The summed E-state index contributed by atoms with van der Waals surface area (Å²) in [5.74, 6) is -7.26. The highest BCUT2D eigenvalue weighted by molar-refractivity contribution is 6.20. The standard InChI is InChI=1S/C12H13ClF3NO3/c1-20-5-6(13)2-3-17-12(19)7-4-8(14)10(16)11(18)9(7)15/h4,6,18H,2-3,5H2,1H3,(H,17,19). The highest BCUT2D eigenvalue weighted by atomic mass is 35.5. The van der Waals surface area contributed by atoms with E-state index in [-0.39, 0.29) is 18.5 Å². The fourth-order valence-corrected chi connectivity index (χ4v) is 1.69. The molecule has 0 aliphatic rings. The number of phenolic OH excluding ortho intramolecular Hbond substituents is 1. The van der Waals surface area contributed by atoms with Crippen LogP contribution < -0.4 is 5.32 Å². The predicted molar refractivity (Wildman–Crippen MR) is 66.4 cm³/mol. The maximum atomic E-state index is 13.4. The van der Waals surface area contributed by atoms with Gasteiger partial charge in [-0.3, -0.25) is 4.79 Å². The first kappa shape index (κ1) is 16.6. The highest BCUT2D eigenvalue weighted by Crippen LogP contribution is 2.25. The third-order valence-corrected chi connectivity index (χ3v) is 2.81. The van der Waals surface area contributed by atoms with Crippen LogP contribution in [0.1, 0.15) is 16.8 Å². The van der Waals surface area contributed by atoms with Crippen LogP contribution in [0.25, 0.3) is 0 Å². The van der Waals surface area contributed by atoms with Crippen molar-refractivity contribution in [3.8, 4) is 5.75 Å². The van der Waals surface area contributed by atoms with Crippen molar-refractivity contribution in [3.63, 3.8) is 0 Å². The maximum absolute atomic E-state index is 13.4. The molecule has 1 rings (SSSR count). The highest BCUT2D eigenvalue weighted by Gasteiger charge is 2.22. The van der Waals surface area contributed by atoms with Crippen LogP contribution in [0, 0.1) is 17.5 Å². The number of methoxy groups -OCH3 is 1. The number of aromatic hydroxyl groups is 1. The molecule has 0 bridgehead atoms. The molecule has 0 saturated heterocycles. The van der Waals surface area contributed by atoms with E-state index in [4.69, 9.17) is 21.4 Å². The molecule has 1 amide bonds. The molecule has 4 nitrogen and oxygen atoms in total. The Hall–Kier alpha value is -1.47. The van der Waals surface area contributed by atoms with Gasteiger partial charge in [-0.05, 0) is 12.5 Å². The number of halogens is 4. The molecule has 0 heterocycles. The lowest BCUT2D eigenvalue weighted by atomic mass is 10.1. The lowest BCUT2D eigenvalue weighted by Crippen LogP contribution is -2.28. The number of phenols is 1. The summed E-state index contributed by atoms with van der Waals surface area (Å²) < 4.78 is 44.1. The summed E-state index contributed by atoms with van der Waals surface area (Å²) in [6, 6.07) is 0.382. The molecular formula is C12H13ClF3NO3. The number of hydrogen-bond donors (Lipinski definition) is 2. The molecule has 1 atom stereocenters. The van der Waals surface area contributed by atoms with E-state index in [1.165, 1.54) is 7.11 Å². The third kappa shape index (κ3) is 4.01. The zero-order chi connectivity index (χ0) is 15.3. The molecule has 0 aliphatic carbocycles. The van der Waals surface area contributed by atoms with Gasteiger partial charge in [0.2, 0.25) is 5.82 Å². The Morgan fingerprint density at radius 3 is 2.70 bits per heavy atom. The van der Waals surface area contributed by atoms with Crippen molar-refractivity contribution in [3.05, 3.63) is 29.1 Å². The average molecular weight is 312 g/mol. The number of carbonyl (C=O) groups is 1. The van der Waals surface area contributed by atoms with Crippen LogP contribution in [-0.2, 0) is 4.74 Å². The van der Waals surface area contributed by atoms with E-state index in [1.807, 2.05) is 0 Å². The first-order valence-corrected chi connectivity index (χ1v) is 6.09. The monoisotopic (exact) mass is 311 g/mol. The fraction of sp³-hybridized carbons (Fsp3) is 0.417. The van der Waals surface area contributed by atoms with Crippen LogP contribution in [0.2, 0.25) is 0 Å². The largest absolute Gasteiger partial charge is 0.503 e. The molecule has 1 unspecified atom stereocenters. The van der Waals surface area contributed by atoms with E-state index in [0.29, 0.717) is 12.5 Å². The minimum Gasteiger partial charge on any atom is -0.503 e. The van der Waals surface area contributed by atoms with Gasteiger partial charge in [0.15, 0.2) is 17.4 Å². The summed E-state index contributed by atoms with van der Waals surface area (Å²) in [5, 5.41) is 10.9. The lowest BCUT2D eigenvalue weighted by molar-refractivity contribution is 0.0946. The van der Waals surface area contributed by atoms with E-state index >= 15 is 0 Å². The molecule has 112 valence electrons. The number of carbonyl (C=O) groups excluding carboxylic acids is 1. The summed E-state index contributed by atoms with van der Waals surface area (Å²) in [6.07, 6.45) is 0.346. The number of hydrogen-bond acceptors (Lipinski definition) is 3. The SMILES string of the molecule is COCC(Cl)CCNC(=O)c1cc(F)c(F)c(O)c1F. The Kier molecular flexibility index (Phi) is 6.09. The van der Waals surface area contributed by atoms with Gasteiger partial charge in [-0.25, -0.2) is 8.78 Å². The summed E-state index contributed by atoms with van der Waals surface area (Å²) in [6.45, 7) is 0.368. The van der Waals surface area contributed by atoms with Gasteiger partial charge in [0.05, 0.1) is 17.5 Å². The molecule has 0 fully saturated rings. The molecule has 0 aromatic heterocycles. The van der Waals surface area contributed by atoms with Crippen LogP contribution in [0.15, 0.2) is 6.07 Å². The summed E-state index contributed by atoms with van der Waals surface area (Å²) in [5.41, 5.74) is -0.778. The van der Waals surface area contributed by atoms with Crippen LogP contribution in [0.3, 0.4) is 0 Å². The molecule has 1 aromatic carbocycles. The number of benzene rings is 1.